The Kier molecular flexibility index (Phi) is 5.65. The van der Waals surface area contributed by atoms with Crippen LogP contribution in [0.15, 0.2) is 44.0 Å². The molecule has 0 saturated heterocycles. The number of rotatable bonds is 5. The molecule has 1 aliphatic heterocycles. The molecule has 2 aromatic heterocycles. The van der Waals surface area contributed by atoms with Crippen molar-refractivity contribution in [3.8, 4) is 11.5 Å². The van der Waals surface area contributed by atoms with Crippen molar-refractivity contribution in [2.45, 2.75) is 32.7 Å². The summed E-state index contributed by atoms with van der Waals surface area (Å²) < 4.78 is 11.7. The number of fused-ring (bicyclic) bond motifs is 2. The van der Waals surface area contributed by atoms with Crippen molar-refractivity contribution in [3.05, 3.63) is 72.5 Å². The number of amides is 1. The van der Waals surface area contributed by atoms with Crippen LogP contribution in [0, 0.1) is 6.92 Å². The number of carbonyl (C=O) groups excluding carboxylic acids is 1. The molecule has 1 unspecified atom stereocenters. The fourth-order valence-corrected chi connectivity index (χ4v) is 5.59. The van der Waals surface area contributed by atoms with Gasteiger partial charge in [-0.05, 0) is 59.1 Å². The molecule has 0 spiro atoms. The van der Waals surface area contributed by atoms with Crippen LogP contribution in [0.2, 0.25) is 0 Å². The normalized spacial score (nSPS) is 15.2. The summed E-state index contributed by atoms with van der Waals surface area (Å²) in [7, 11) is 1.43. The average molecular weight is 542 g/mol. The van der Waals surface area contributed by atoms with Crippen LogP contribution in [0.3, 0.4) is 0 Å². The molecule has 0 fully saturated rings. The second-order valence-corrected chi connectivity index (χ2v) is 9.93. The fourth-order valence-electron chi connectivity index (χ4n) is 4.16. The summed E-state index contributed by atoms with van der Waals surface area (Å²) in [6.45, 7) is 3.93. The minimum Gasteiger partial charge on any atom is -0.503 e. The van der Waals surface area contributed by atoms with E-state index < -0.39 is 11.9 Å². The quantitative estimate of drug-likeness (QED) is 0.373. The van der Waals surface area contributed by atoms with Crippen LogP contribution in [0.5, 0.6) is 11.5 Å². The van der Waals surface area contributed by atoms with Gasteiger partial charge in [0.2, 0.25) is 10.9 Å². The van der Waals surface area contributed by atoms with Gasteiger partial charge in [-0.15, -0.1) is 10.2 Å². The Labute approximate surface area is 206 Å². The van der Waals surface area contributed by atoms with Gasteiger partial charge in [-0.25, -0.2) is 0 Å². The monoisotopic (exact) mass is 541 g/mol. The molecule has 1 atom stereocenters. The van der Waals surface area contributed by atoms with Gasteiger partial charge in [0.15, 0.2) is 16.9 Å². The maximum absolute atomic E-state index is 13.7. The second kappa shape index (κ2) is 8.52. The van der Waals surface area contributed by atoms with Gasteiger partial charge in [-0.3, -0.25) is 14.5 Å². The standard InChI is InChI=1S/C24H20BrN3O5S/c1-4-5-17-26-27-24(34-17)28-19(12-9-14(25)21(30)16(10-12)32-3)18-20(29)13-8-11(2)6-7-15(13)33-22(18)23(28)31/h6-10,19,30H,4-5H2,1-3H3. The molecule has 174 valence electrons. The summed E-state index contributed by atoms with van der Waals surface area (Å²) in [5, 5.41) is 20.4. The van der Waals surface area contributed by atoms with Crippen LogP contribution in [0.1, 0.15) is 51.6 Å². The molecular formula is C24H20BrN3O5S. The van der Waals surface area contributed by atoms with Gasteiger partial charge in [0.05, 0.1) is 28.6 Å². The topological polar surface area (TPSA) is 106 Å². The van der Waals surface area contributed by atoms with Gasteiger partial charge in [-0.2, -0.15) is 0 Å². The lowest BCUT2D eigenvalue weighted by molar-refractivity contribution is 0.0970. The summed E-state index contributed by atoms with van der Waals surface area (Å²) >= 11 is 4.65. The van der Waals surface area contributed by atoms with E-state index in [0.717, 1.165) is 23.4 Å². The number of carbonyl (C=O) groups is 1. The number of aromatic hydroxyl groups is 1. The van der Waals surface area contributed by atoms with Gasteiger partial charge in [0.1, 0.15) is 10.6 Å². The first-order valence-corrected chi connectivity index (χ1v) is 12.2. The number of nitrogens with zero attached hydrogens (tertiary/aromatic N) is 3. The smallest absolute Gasteiger partial charge is 0.297 e. The first kappa shape index (κ1) is 22.5. The number of benzene rings is 2. The third-order valence-electron chi connectivity index (χ3n) is 5.74. The fraction of sp³-hybridized carbons (Fsp3) is 0.250. The summed E-state index contributed by atoms with van der Waals surface area (Å²) in [5.74, 6) is -0.372. The number of anilines is 1. The van der Waals surface area contributed by atoms with Gasteiger partial charge in [0.25, 0.3) is 5.91 Å². The summed E-state index contributed by atoms with van der Waals surface area (Å²) in [6, 6.07) is 7.71. The van der Waals surface area contributed by atoms with E-state index in [2.05, 4.69) is 26.1 Å². The Morgan fingerprint density at radius 3 is 2.76 bits per heavy atom. The van der Waals surface area contributed by atoms with E-state index in [1.54, 1.807) is 24.3 Å². The van der Waals surface area contributed by atoms with Crippen molar-refractivity contribution >= 4 is 49.3 Å². The van der Waals surface area contributed by atoms with Crippen molar-refractivity contribution in [2.24, 2.45) is 0 Å². The van der Waals surface area contributed by atoms with Gasteiger partial charge < -0.3 is 14.3 Å². The molecule has 3 heterocycles. The van der Waals surface area contributed by atoms with Crippen molar-refractivity contribution < 1.29 is 19.1 Å². The Morgan fingerprint density at radius 1 is 1.24 bits per heavy atom. The lowest BCUT2D eigenvalue weighted by Crippen LogP contribution is -2.29. The van der Waals surface area contributed by atoms with Crippen molar-refractivity contribution in [1.82, 2.24) is 10.2 Å². The van der Waals surface area contributed by atoms with Crippen molar-refractivity contribution in [1.29, 1.82) is 0 Å². The molecule has 0 aliphatic carbocycles. The van der Waals surface area contributed by atoms with Gasteiger partial charge in [0, 0.05) is 6.42 Å². The number of phenols is 1. The van der Waals surface area contributed by atoms with Crippen LogP contribution >= 0.6 is 27.3 Å². The minimum absolute atomic E-state index is 0.0261. The third-order valence-corrected chi connectivity index (χ3v) is 7.32. The number of methoxy groups -OCH3 is 1. The summed E-state index contributed by atoms with van der Waals surface area (Å²) in [6.07, 6.45) is 1.62. The predicted molar refractivity (Wildman–Crippen MR) is 132 cm³/mol. The molecule has 1 N–H and O–H groups in total. The zero-order valence-electron chi connectivity index (χ0n) is 18.6. The van der Waals surface area contributed by atoms with Crippen LogP contribution < -0.4 is 15.1 Å². The third kappa shape index (κ3) is 3.48. The van der Waals surface area contributed by atoms with E-state index in [1.807, 2.05) is 19.9 Å². The molecule has 4 aromatic rings. The Balaban J connectivity index is 1.80. The van der Waals surface area contributed by atoms with Crippen molar-refractivity contribution in [2.75, 3.05) is 12.0 Å². The number of aromatic nitrogens is 2. The molecule has 1 aliphatic rings. The van der Waals surface area contributed by atoms with Crippen LogP contribution in [0.25, 0.3) is 11.0 Å². The van der Waals surface area contributed by atoms with E-state index >= 15 is 0 Å². The maximum atomic E-state index is 13.7. The molecule has 2 aromatic carbocycles. The number of phenolic OH excluding ortho intramolecular Hbond substituents is 1. The number of ether oxygens (including phenoxy) is 1. The average Bonchev–Trinajstić information content (AvgIpc) is 3.39. The van der Waals surface area contributed by atoms with Crippen molar-refractivity contribution in [3.63, 3.8) is 0 Å². The summed E-state index contributed by atoms with van der Waals surface area (Å²) in [4.78, 5) is 28.8. The zero-order chi connectivity index (χ0) is 24.1. The van der Waals surface area contributed by atoms with Gasteiger partial charge >= 0.3 is 0 Å². The number of aryl methyl sites for hydroxylation is 2. The highest BCUT2D eigenvalue weighted by atomic mass is 79.9. The van der Waals surface area contributed by atoms with Crippen LogP contribution in [0.4, 0.5) is 5.13 Å². The number of halogens is 1. The van der Waals surface area contributed by atoms with E-state index in [-0.39, 0.29) is 28.3 Å². The van der Waals surface area contributed by atoms with Crippen LogP contribution in [-0.2, 0) is 6.42 Å². The molecule has 5 rings (SSSR count). The number of hydrogen-bond donors (Lipinski definition) is 1. The molecule has 0 radical (unpaired) electrons. The first-order chi connectivity index (χ1) is 16.3. The molecular weight excluding hydrogens is 522 g/mol. The molecule has 8 nitrogen and oxygen atoms in total. The highest BCUT2D eigenvalue weighted by molar-refractivity contribution is 9.10. The Morgan fingerprint density at radius 2 is 2.03 bits per heavy atom. The second-order valence-electron chi connectivity index (χ2n) is 8.03. The lowest BCUT2D eigenvalue weighted by atomic mass is 9.98. The van der Waals surface area contributed by atoms with E-state index in [0.29, 0.717) is 26.1 Å². The zero-order valence-corrected chi connectivity index (χ0v) is 21.0. The lowest BCUT2D eigenvalue weighted by Gasteiger charge is -2.23. The molecule has 1 amide bonds. The molecule has 0 bridgehead atoms. The molecule has 0 saturated carbocycles. The van der Waals surface area contributed by atoms with Crippen LogP contribution in [-0.4, -0.2) is 28.3 Å². The SMILES string of the molecule is CCCc1nnc(N2C(=O)c3oc4ccc(C)cc4c(=O)c3C2c2cc(Br)c(O)c(OC)c2)s1. The maximum Gasteiger partial charge on any atom is 0.297 e. The highest BCUT2D eigenvalue weighted by Crippen LogP contribution is 2.45. The van der Waals surface area contributed by atoms with E-state index in [9.17, 15) is 14.7 Å². The molecule has 34 heavy (non-hydrogen) atoms. The van der Waals surface area contributed by atoms with E-state index in [1.165, 1.54) is 23.3 Å². The molecule has 10 heteroatoms. The Bertz CT molecular complexity index is 1510. The number of hydrogen-bond acceptors (Lipinski definition) is 8. The predicted octanol–water partition coefficient (Wildman–Crippen LogP) is 5.13. The summed E-state index contributed by atoms with van der Waals surface area (Å²) in [5.41, 5.74) is 1.73. The first-order valence-electron chi connectivity index (χ1n) is 10.6. The minimum atomic E-state index is -0.836. The Hall–Kier alpha value is -3.24. The van der Waals surface area contributed by atoms with Gasteiger partial charge in [-0.1, -0.05) is 29.9 Å². The highest BCUT2D eigenvalue weighted by Gasteiger charge is 2.45. The largest absolute Gasteiger partial charge is 0.503 e. The van der Waals surface area contributed by atoms with E-state index in [4.69, 9.17) is 9.15 Å².